The maximum atomic E-state index is 12.4. The van der Waals surface area contributed by atoms with Gasteiger partial charge in [-0.3, -0.25) is 4.79 Å². The number of hydrogen-bond donors (Lipinski definition) is 1. The van der Waals surface area contributed by atoms with Crippen molar-refractivity contribution in [1.82, 2.24) is 4.98 Å². The standard InChI is InChI=1S/C9H8F2INO2/c1-4-2-5(8(10)11)9(12)13-6(4)3-7(14)15/h2,8H,3H2,1H3,(H,14,15). The SMILES string of the molecule is Cc1cc(C(F)F)c(I)nc1CC(=O)O. The predicted molar refractivity (Wildman–Crippen MR) is 58.0 cm³/mol. The first-order valence-electron chi connectivity index (χ1n) is 4.07. The van der Waals surface area contributed by atoms with Crippen LogP contribution in [0.5, 0.6) is 0 Å². The zero-order valence-electron chi connectivity index (χ0n) is 7.80. The zero-order chi connectivity index (χ0) is 11.6. The number of aliphatic carboxylic acids is 1. The number of halogens is 3. The van der Waals surface area contributed by atoms with Gasteiger partial charge in [-0.25, -0.2) is 13.8 Å². The smallest absolute Gasteiger partial charge is 0.309 e. The molecular formula is C9H8F2INO2. The van der Waals surface area contributed by atoms with Crippen LogP contribution >= 0.6 is 22.6 Å². The maximum Gasteiger partial charge on any atom is 0.309 e. The third kappa shape index (κ3) is 3.08. The van der Waals surface area contributed by atoms with E-state index < -0.39 is 12.4 Å². The Bertz CT molecular complexity index is 396. The van der Waals surface area contributed by atoms with Crippen molar-refractivity contribution in [1.29, 1.82) is 0 Å². The van der Waals surface area contributed by atoms with Crippen LogP contribution in [-0.4, -0.2) is 16.1 Å². The molecule has 0 aliphatic carbocycles. The van der Waals surface area contributed by atoms with Crippen molar-refractivity contribution in [2.24, 2.45) is 0 Å². The minimum atomic E-state index is -2.58. The van der Waals surface area contributed by atoms with E-state index in [1.807, 2.05) is 0 Å². The van der Waals surface area contributed by atoms with E-state index >= 15 is 0 Å². The fourth-order valence-corrected chi connectivity index (χ4v) is 1.80. The van der Waals surface area contributed by atoms with Crippen molar-refractivity contribution >= 4 is 28.6 Å². The van der Waals surface area contributed by atoms with Gasteiger partial charge in [0.1, 0.15) is 3.70 Å². The molecule has 0 amide bonds. The molecule has 1 aromatic heterocycles. The number of aryl methyl sites for hydroxylation is 1. The highest BCUT2D eigenvalue weighted by molar-refractivity contribution is 14.1. The molecule has 0 fully saturated rings. The summed E-state index contributed by atoms with van der Waals surface area (Å²) in [5, 5.41) is 8.57. The largest absolute Gasteiger partial charge is 0.481 e. The van der Waals surface area contributed by atoms with E-state index in [0.717, 1.165) is 0 Å². The number of pyridine rings is 1. The average molecular weight is 327 g/mol. The summed E-state index contributed by atoms with van der Waals surface area (Å²) in [4.78, 5) is 14.3. The number of rotatable bonds is 3. The van der Waals surface area contributed by atoms with Gasteiger partial charge in [-0.05, 0) is 41.1 Å². The minimum Gasteiger partial charge on any atom is -0.481 e. The van der Waals surface area contributed by atoms with E-state index in [4.69, 9.17) is 5.11 Å². The molecule has 0 aromatic carbocycles. The third-order valence-corrected chi connectivity index (χ3v) is 2.72. The molecule has 1 heterocycles. The number of nitrogens with zero attached hydrogens (tertiary/aromatic N) is 1. The van der Waals surface area contributed by atoms with Gasteiger partial charge in [-0.15, -0.1) is 0 Å². The second kappa shape index (κ2) is 4.82. The van der Waals surface area contributed by atoms with Crippen molar-refractivity contribution in [2.75, 3.05) is 0 Å². The van der Waals surface area contributed by atoms with Gasteiger partial charge in [0.25, 0.3) is 6.43 Å². The van der Waals surface area contributed by atoms with Crippen molar-refractivity contribution in [3.63, 3.8) is 0 Å². The molecule has 0 unspecified atom stereocenters. The monoisotopic (exact) mass is 327 g/mol. The van der Waals surface area contributed by atoms with Crippen LogP contribution < -0.4 is 0 Å². The number of carboxylic acids is 1. The molecule has 0 saturated carbocycles. The van der Waals surface area contributed by atoms with Crippen molar-refractivity contribution < 1.29 is 18.7 Å². The van der Waals surface area contributed by atoms with Crippen LogP contribution in [0, 0.1) is 10.6 Å². The normalized spacial score (nSPS) is 10.7. The second-order valence-electron chi connectivity index (χ2n) is 3.00. The van der Waals surface area contributed by atoms with Gasteiger partial charge in [0, 0.05) is 5.56 Å². The topological polar surface area (TPSA) is 50.2 Å². The van der Waals surface area contributed by atoms with Crippen LogP contribution in [-0.2, 0) is 11.2 Å². The summed E-state index contributed by atoms with van der Waals surface area (Å²) in [7, 11) is 0. The predicted octanol–water partition coefficient (Wildman–Crippen LogP) is 2.56. The number of carbonyl (C=O) groups is 1. The minimum absolute atomic E-state index is 0.151. The van der Waals surface area contributed by atoms with Crippen LogP contribution in [0.3, 0.4) is 0 Å². The lowest BCUT2D eigenvalue weighted by atomic mass is 10.1. The summed E-state index contributed by atoms with van der Waals surface area (Å²) in [5.74, 6) is -1.02. The second-order valence-corrected chi connectivity index (χ2v) is 4.03. The van der Waals surface area contributed by atoms with E-state index in [0.29, 0.717) is 11.3 Å². The Labute approximate surface area is 98.7 Å². The maximum absolute atomic E-state index is 12.4. The molecule has 0 aliphatic rings. The van der Waals surface area contributed by atoms with Crippen LogP contribution in [0.25, 0.3) is 0 Å². The quantitative estimate of drug-likeness (QED) is 0.686. The average Bonchev–Trinajstić information content (AvgIpc) is 2.09. The molecule has 1 N–H and O–H groups in total. The Balaban J connectivity index is 3.13. The van der Waals surface area contributed by atoms with Gasteiger partial charge in [0.15, 0.2) is 0 Å². The van der Waals surface area contributed by atoms with E-state index in [-0.39, 0.29) is 15.7 Å². The van der Waals surface area contributed by atoms with Gasteiger partial charge in [0.2, 0.25) is 0 Å². The summed E-state index contributed by atoms with van der Waals surface area (Å²) in [6.07, 6.45) is -2.83. The van der Waals surface area contributed by atoms with E-state index in [1.54, 1.807) is 29.5 Å². The molecule has 0 spiro atoms. The van der Waals surface area contributed by atoms with Gasteiger partial charge >= 0.3 is 5.97 Å². The molecule has 15 heavy (non-hydrogen) atoms. The number of alkyl halides is 2. The van der Waals surface area contributed by atoms with Crippen LogP contribution in [0.4, 0.5) is 8.78 Å². The van der Waals surface area contributed by atoms with E-state index in [1.165, 1.54) is 6.07 Å². The lowest BCUT2D eigenvalue weighted by molar-refractivity contribution is -0.136. The molecule has 1 aromatic rings. The lowest BCUT2D eigenvalue weighted by Gasteiger charge is -2.07. The molecule has 0 bridgehead atoms. The highest BCUT2D eigenvalue weighted by Gasteiger charge is 2.16. The Morgan fingerprint density at radius 2 is 2.27 bits per heavy atom. The molecule has 0 radical (unpaired) electrons. The Hall–Kier alpha value is -0.790. The lowest BCUT2D eigenvalue weighted by Crippen LogP contribution is -2.07. The van der Waals surface area contributed by atoms with E-state index in [9.17, 15) is 13.6 Å². The summed E-state index contributed by atoms with van der Waals surface area (Å²) >= 11 is 1.68. The number of carboxylic acid groups (broad SMARTS) is 1. The van der Waals surface area contributed by atoms with Gasteiger partial charge < -0.3 is 5.11 Å². The first-order valence-corrected chi connectivity index (χ1v) is 5.15. The van der Waals surface area contributed by atoms with Gasteiger partial charge in [-0.2, -0.15) is 0 Å². The molecule has 1 rings (SSSR count). The molecule has 0 aliphatic heterocycles. The number of hydrogen-bond acceptors (Lipinski definition) is 2. The first-order chi connectivity index (χ1) is 6.91. The molecule has 6 heteroatoms. The Morgan fingerprint density at radius 3 is 2.73 bits per heavy atom. The molecule has 3 nitrogen and oxygen atoms in total. The first kappa shape index (κ1) is 12.3. The summed E-state index contributed by atoms with van der Waals surface area (Å²) in [6, 6.07) is 1.29. The fourth-order valence-electron chi connectivity index (χ4n) is 1.12. The van der Waals surface area contributed by atoms with Crippen molar-refractivity contribution in [2.45, 2.75) is 19.8 Å². The van der Waals surface area contributed by atoms with Crippen molar-refractivity contribution in [3.8, 4) is 0 Å². The van der Waals surface area contributed by atoms with E-state index in [2.05, 4.69) is 4.98 Å². The number of aromatic nitrogens is 1. The highest BCUT2D eigenvalue weighted by Crippen LogP contribution is 2.25. The molecular weight excluding hydrogens is 319 g/mol. The fraction of sp³-hybridized carbons (Fsp3) is 0.333. The molecule has 0 saturated heterocycles. The Kier molecular flexibility index (Phi) is 3.95. The van der Waals surface area contributed by atoms with Crippen LogP contribution in [0.1, 0.15) is 23.2 Å². The third-order valence-electron chi connectivity index (χ3n) is 1.85. The van der Waals surface area contributed by atoms with Crippen molar-refractivity contribution in [3.05, 3.63) is 26.6 Å². The summed E-state index contributed by atoms with van der Waals surface area (Å²) in [5.41, 5.74) is 0.659. The molecule has 82 valence electrons. The van der Waals surface area contributed by atoms with Gasteiger partial charge in [0.05, 0.1) is 12.1 Å². The molecule has 0 atom stereocenters. The van der Waals surface area contributed by atoms with Crippen LogP contribution in [0.2, 0.25) is 0 Å². The zero-order valence-corrected chi connectivity index (χ0v) is 9.96. The Morgan fingerprint density at radius 1 is 1.67 bits per heavy atom. The summed E-state index contributed by atoms with van der Waals surface area (Å²) in [6.45, 7) is 1.58. The summed E-state index contributed by atoms with van der Waals surface area (Å²) < 4.78 is 25.0. The van der Waals surface area contributed by atoms with Gasteiger partial charge in [-0.1, -0.05) is 0 Å². The van der Waals surface area contributed by atoms with Crippen LogP contribution in [0.15, 0.2) is 6.07 Å². The highest BCUT2D eigenvalue weighted by atomic mass is 127.